The lowest BCUT2D eigenvalue weighted by atomic mass is 9.98. The second kappa shape index (κ2) is 12.4. The van der Waals surface area contributed by atoms with Crippen LogP contribution in [0.2, 0.25) is 0 Å². The minimum Gasteiger partial charge on any atom is -0.455 e. The van der Waals surface area contributed by atoms with Crippen molar-refractivity contribution in [1.82, 2.24) is 19.5 Å². The van der Waals surface area contributed by atoms with Gasteiger partial charge in [0.05, 0.1) is 40.0 Å². The molecule has 0 bridgehead atoms. The maximum Gasteiger partial charge on any atom is 0.166 e. The lowest BCUT2D eigenvalue weighted by molar-refractivity contribution is 0.670. The molecule has 10 rings (SSSR count). The van der Waals surface area contributed by atoms with Gasteiger partial charge in [-0.2, -0.15) is 10.5 Å². The van der Waals surface area contributed by atoms with Gasteiger partial charge in [-0.05, 0) is 48.0 Å². The van der Waals surface area contributed by atoms with E-state index in [0.717, 1.165) is 77.2 Å². The molecule has 7 aromatic carbocycles. The van der Waals surface area contributed by atoms with Gasteiger partial charge < -0.3 is 8.98 Å². The van der Waals surface area contributed by atoms with Gasteiger partial charge >= 0.3 is 0 Å². The highest BCUT2D eigenvalue weighted by atomic mass is 16.3. The van der Waals surface area contributed by atoms with Crippen LogP contribution in [0.4, 0.5) is 0 Å². The van der Waals surface area contributed by atoms with Gasteiger partial charge in [0.2, 0.25) is 0 Å². The zero-order valence-electron chi connectivity index (χ0n) is 28.6. The molecule has 54 heavy (non-hydrogen) atoms. The molecule has 0 amide bonds. The molecule has 250 valence electrons. The summed E-state index contributed by atoms with van der Waals surface area (Å²) in [4.78, 5) is 15.3. The van der Waals surface area contributed by atoms with Crippen molar-refractivity contribution in [3.8, 4) is 63.1 Å². The molecule has 0 fully saturated rings. The molecule has 0 saturated carbocycles. The van der Waals surface area contributed by atoms with E-state index in [9.17, 15) is 10.5 Å². The molecule has 0 N–H and O–H groups in total. The van der Waals surface area contributed by atoms with Gasteiger partial charge in [0.1, 0.15) is 11.2 Å². The summed E-state index contributed by atoms with van der Waals surface area (Å²) in [7, 11) is 0. The van der Waals surface area contributed by atoms with E-state index in [-0.39, 0.29) is 0 Å². The quantitative estimate of drug-likeness (QED) is 0.178. The predicted molar refractivity (Wildman–Crippen MR) is 213 cm³/mol. The van der Waals surface area contributed by atoms with Crippen molar-refractivity contribution in [1.29, 1.82) is 10.5 Å². The number of para-hydroxylation sites is 2. The number of nitrogens with zero attached hydrogens (tertiary/aromatic N) is 6. The van der Waals surface area contributed by atoms with Crippen molar-refractivity contribution in [3.63, 3.8) is 0 Å². The summed E-state index contributed by atoms with van der Waals surface area (Å²) in [5.74, 6) is 1.55. The highest BCUT2D eigenvalue weighted by Gasteiger charge is 2.22. The lowest BCUT2D eigenvalue weighted by Crippen LogP contribution is -2.04. The maximum atomic E-state index is 9.99. The Morgan fingerprint density at radius 2 is 1.02 bits per heavy atom. The van der Waals surface area contributed by atoms with Crippen LogP contribution in [-0.2, 0) is 0 Å². The van der Waals surface area contributed by atoms with E-state index in [1.165, 1.54) is 0 Å². The molecule has 3 heterocycles. The van der Waals surface area contributed by atoms with E-state index in [2.05, 4.69) is 59.2 Å². The molecular weight excluding hydrogens is 665 g/mol. The molecule has 3 aromatic heterocycles. The van der Waals surface area contributed by atoms with Gasteiger partial charge in [0.25, 0.3) is 0 Å². The average molecular weight is 691 g/mol. The minimum absolute atomic E-state index is 0.471. The summed E-state index contributed by atoms with van der Waals surface area (Å²) in [6.07, 6.45) is 0. The van der Waals surface area contributed by atoms with Gasteiger partial charge in [-0.1, -0.05) is 115 Å². The van der Waals surface area contributed by atoms with E-state index in [1.807, 2.05) is 115 Å². The van der Waals surface area contributed by atoms with E-state index in [4.69, 9.17) is 19.4 Å². The third kappa shape index (κ3) is 5.00. The fourth-order valence-electron chi connectivity index (χ4n) is 7.40. The lowest BCUT2D eigenvalue weighted by Gasteiger charge is -2.16. The van der Waals surface area contributed by atoms with Gasteiger partial charge in [-0.25, -0.2) is 15.0 Å². The summed E-state index contributed by atoms with van der Waals surface area (Å²) in [5, 5.41) is 24.0. The maximum absolute atomic E-state index is 9.99. The molecule has 0 saturated heterocycles. The van der Waals surface area contributed by atoms with Crippen molar-refractivity contribution in [2.24, 2.45) is 0 Å². The van der Waals surface area contributed by atoms with Gasteiger partial charge in [-0.3, -0.25) is 0 Å². The fraction of sp³-hybridized carbons (Fsp3) is 0. The number of hydrogen-bond acceptors (Lipinski definition) is 6. The Hall–Kier alpha value is -7.87. The largest absolute Gasteiger partial charge is 0.455 e. The molecule has 0 aliphatic heterocycles. The summed E-state index contributed by atoms with van der Waals surface area (Å²) in [6, 6.07) is 56.3. The van der Waals surface area contributed by atoms with Crippen molar-refractivity contribution in [3.05, 3.63) is 169 Å². The first-order valence-electron chi connectivity index (χ1n) is 17.5. The molecular formula is C47H26N6O. The second-order valence-electron chi connectivity index (χ2n) is 13.1. The molecule has 7 heteroatoms. The minimum atomic E-state index is 0.471. The smallest absolute Gasteiger partial charge is 0.166 e. The van der Waals surface area contributed by atoms with Crippen LogP contribution in [0.5, 0.6) is 0 Å². The van der Waals surface area contributed by atoms with Crippen molar-refractivity contribution >= 4 is 43.7 Å². The predicted octanol–water partition coefficient (Wildman–Crippen LogP) is 11.3. The summed E-state index contributed by atoms with van der Waals surface area (Å²) < 4.78 is 8.61. The third-order valence-corrected chi connectivity index (χ3v) is 9.92. The molecule has 7 nitrogen and oxygen atoms in total. The van der Waals surface area contributed by atoms with E-state index in [1.54, 1.807) is 0 Å². The number of aromatic nitrogens is 4. The highest BCUT2D eigenvalue weighted by Crippen LogP contribution is 2.41. The Labute approximate surface area is 309 Å². The zero-order chi connectivity index (χ0) is 36.2. The van der Waals surface area contributed by atoms with E-state index in [0.29, 0.717) is 28.6 Å². The van der Waals surface area contributed by atoms with Crippen LogP contribution in [0.1, 0.15) is 11.1 Å². The third-order valence-electron chi connectivity index (χ3n) is 9.92. The Kier molecular flexibility index (Phi) is 7.11. The summed E-state index contributed by atoms with van der Waals surface area (Å²) in [5.41, 5.74) is 9.40. The first-order chi connectivity index (χ1) is 26.7. The normalized spacial score (nSPS) is 11.3. The van der Waals surface area contributed by atoms with Crippen LogP contribution >= 0.6 is 0 Å². The Bertz CT molecular complexity index is 3060. The van der Waals surface area contributed by atoms with Crippen LogP contribution in [0.3, 0.4) is 0 Å². The number of benzene rings is 7. The number of hydrogen-bond donors (Lipinski definition) is 0. The van der Waals surface area contributed by atoms with Crippen LogP contribution in [0, 0.1) is 22.7 Å². The number of rotatable bonds is 5. The van der Waals surface area contributed by atoms with Crippen LogP contribution in [0.25, 0.3) is 94.7 Å². The molecule has 0 radical (unpaired) electrons. The van der Waals surface area contributed by atoms with Crippen molar-refractivity contribution in [2.75, 3.05) is 0 Å². The monoisotopic (exact) mass is 690 g/mol. The molecule has 0 unspecified atom stereocenters. The standard InChI is InChI=1S/C47H26N6O/c48-27-29-18-21-35-36-22-19-30(28-49)25-42(36)53(41(35)24-29)40-23-20-33(34-15-9-16-38-37-14-7-8-17-43(37)54-44(34)38)26-39(40)47-51-45(31-10-3-1-4-11-31)50-46(52-47)32-12-5-2-6-13-32/h1-26H. The Morgan fingerprint density at radius 1 is 0.444 bits per heavy atom. The first-order valence-corrected chi connectivity index (χ1v) is 17.5. The second-order valence-corrected chi connectivity index (χ2v) is 13.1. The fourth-order valence-corrected chi connectivity index (χ4v) is 7.40. The van der Waals surface area contributed by atoms with Crippen LogP contribution < -0.4 is 0 Å². The SMILES string of the molecule is N#Cc1ccc2c3ccc(C#N)cc3n(-c3ccc(-c4cccc5c4oc4ccccc45)cc3-c3nc(-c4ccccc4)nc(-c4ccccc4)n3)c2c1. The highest BCUT2D eigenvalue weighted by molar-refractivity contribution is 6.11. The summed E-state index contributed by atoms with van der Waals surface area (Å²) >= 11 is 0. The molecule has 0 atom stereocenters. The van der Waals surface area contributed by atoms with Gasteiger partial charge in [0.15, 0.2) is 17.5 Å². The Morgan fingerprint density at radius 3 is 1.65 bits per heavy atom. The number of furan rings is 1. The first kappa shape index (κ1) is 30.9. The van der Waals surface area contributed by atoms with E-state index >= 15 is 0 Å². The van der Waals surface area contributed by atoms with Crippen molar-refractivity contribution < 1.29 is 4.42 Å². The Balaban J connectivity index is 1.32. The molecule has 0 aliphatic carbocycles. The molecule has 10 aromatic rings. The topological polar surface area (TPSA) is 104 Å². The van der Waals surface area contributed by atoms with Gasteiger partial charge in [-0.15, -0.1) is 0 Å². The van der Waals surface area contributed by atoms with Crippen LogP contribution in [-0.4, -0.2) is 19.5 Å². The molecule has 0 aliphatic rings. The summed E-state index contributed by atoms with van der Waals surface area (Å²) in [6.45, 7) is 0. The van der Waals surface area contributed by atoms with Crippen molar-refractivity contribution in [2.45, 2.75) is 0 Å². The molecule has 0 spiro atoms. The van der Waals surface area contributed by atoms with Crippen LogP contribution in [0.15, 0.2) is 162 Å². The van der Waals surface area contributed by atoms with Gasteiger partial charge in [0, 0.05) is 43.8 Å². The van der Waals surface area contributed by atoms with E-state index < -0.39 is 0 Å². The number of nitriles is 2. The zero-order valence-corrected chi connectivity index (χ0v) is 28.6. The average Bonchev–Trinajstić information content (AvgIpc) is 3.79. The number of fused-ring (bicyclic) bond motifs is 6.